The summed E-state index contributed by atoms with van der Waals surface area (Å²) in [6.45, 7) is 1.23. The summed E-state index contributed by atoms with van der Waals surface area (Å²) in [6.07, 6.45) is 3.28. The Morgan fingerprint density at radius 3 is 3.00 bits per heavy atom. The smallest absolute Gasteiger partial charge is 0.175 e. The van der Waals surface area contributed by atoms with Crippen LogP contribution in [0.5, 0.6) is 0 Å². The van der Waals surface area contributed by atoms with Crippen molar-refractivity contribution in [3.63, 3.8) is 0 Å². The van der Waals surface area contributed by atoms with Crippen LogP contribution in [-0.2, 0) is 9.47 Å². The van der Waals surface area contributed by atoms with Crippen LogP contribution in [0.2, 0.25) is 0 Å². The molecular weight excluding hydrogens is 252 g/mol. The van der Waals surface area contributed by atoms with E-state index in [-0.39, 0.29) is 0 Å². The molecule has 0 bridgehead atoms. The van der Waals surface area contributed by atoms with Crippen LogP contribution in [0, 0.1) is 0 Å². The fourth-order valence-electron chi connectivity index (χ4n) is 1.14. The maximum Gasteiger partial charge on any atom is 0.175 e. The predicted octanol–water partition coefficient (Wildman–Crippen LogP) is 2.12. The second-order valence-corrected chi connectivity index (χ2v) is 6.25. The van der Waals surface area contributed by atoms with Crippen molar-refractivity contribution in [1.29, 1.82) is 0 Å². The highest BCUT2D eigenvalue weighted by molar-refractivity contribution is 8.02. The van der Waals surface area contributed by atoms with Crippen molar-refractivity contribution < 1.29 is 9.47 Å². The first-order chi connectivity index (χ1) is 7.38. The van der Waals surface area contributed by atoms with Crippen LogP contribution in [0.25, 0.3) is 0 Å². The summed E-state index contributed by atoms with van der Waals surface area (Å²) < 4.78 is 12.6. The lowest BCUT2D eigenvalue weighted by Crippen LogP contribution is -2.25. The van der Waals surface area contributed by atoms with Crippen LogP contribution in [0.15, 0.2) is 8.68 Å². The zero-order chi connectivity index (χ0) is 10.5. The third-order valence-electron chi connectivity index (χ3n) is 1.93. The maximum atomic E-state index is 5.44. The van der Waals surface area contributed by atoms with Gasteiger partial charge in [0, 0.05) is 5.75 Å². The summed E-state index contributed by atoms with van der Waals surface area (Å²) in [5, 5.41) is 8.14. The quantitative estimate of drug-likeness (QED) is 0.776. The average molecular weight is 264 g/mol. The number of hydrogen-bond acceptors (Lipinski definition) is 7. The molecule has 0 radical (unpaired) electrons. The summed E-state index contributed by atoms with van der Waals surface area (Å²) >= 11 is 4.98. The zero-order valence-corrected chi connectivity index (χ0v) is 10.8. The molecule has 0 N–H and O–H groups in total. The van der Waals surface area contributed by atoms with Gasteiger partial charge in [0.15, 0.2) is 8.68 Å². The minimum absolute atomic E-state index is 0.297. The van der Waals surface area contributed by atoms with Crippen LogP contribution < -0.4 is 0 Å². The van der Waals surface area contributed by atoms with Gasteiger partial charge in [0.05, 0.1) is 12.7 Å². The second-order valence-electron chi connectivity index (χ2n) is 2.95. The molecule has 2 heterocycles. The SMILES string of the molecule is CSc1nnc(SCC2CCOCO2)s1. The molecular formula is C8H12N2O2S3. The van der Waals surface area contributed by atoms with Crippen LogP contribution >= 0.6 is 34.9 Å². The van der Waals surface area contributed by atoms with Crippen molar-refractivity contribution >= 4 is 34.9 Å². The number of nitrogens with zero attached hydrogens (tertiary/aromatic N) is 2. The van der Waals surface area contributed by atoms with Gasteiger partial charge in [-0.15, -0.1) is 10.2 Å². The minimum Gasteiger partial charge on any atom is -0.355 e. The van der Waals surface area contributed by atoms with E-state index < -0.39 is 0 Å². The van der Waals surface area contributed by atoms with Gasteiger partial charge in [-0.05, 0) is 12.7 Å². The van der Waals surface area contributed by atoms with Gasteiger partial charge in [-0.2, -0.15) is 0 Å². The van der Waals surface area contributed by atoms with E-state index >= 15 is 0 Å². The average Bonchev–Trinajstić information content (AvgIpc) is 2.76. The second kappa shape index (κ2) is 6.05. The predicted molar refractivity (Wildman–Crippen MR) is 62.7 cm³/mol. The van der Waals surface area contributed by atoms with Crippen LogP contribution in [0.3, 0.4) is 0 Å². The molecule has 0 aromatic carbocycles. The third kappa shape index (κ3) is 3.60. The number of thioether (sulfide) groups is 2. The first kappa shape index (κ1) is 11.7. The molecule has 15 heavy (non-hydrogen) atoms. The van der Waals surface area contributed by atoms with Gasteiger partial charge >= 0.3 is 0 Å². The lowest BCUT2D eigenvalue weighted by molar-refractivity contribution is -0.130. The van der Waals surface area contributed by atoms with E-state index in [9.17, 15) is 0 Å². The van der Waals surface area contributed by atoms with E-state index in [1.165, 1.54) is 0 Å². The molecule has 1 aromatic rings. The normalized spacial score (nSPS) is 21.8. The Kier molecular flexibility index (Phi) is 4.70. The van der Waals surface area contributed by atoms with Gasteiger partial charge in [-0.3, -0.25) is 0 Å². The van der Waals surface area contributed by atoms with Crippen molar-refractivity contribution in [3.05, 3.63) is 0 Å². The summed E-state index contributed by atoms with van der Waals surface area (Å²) in [5.74, 6) is 0.937. The van der Waals surface area contributed by atoms with E-state index in [4.69, 9.17) is 9.47 Å². The Balaban J connectivity index is 1.76. The molecule has 0 spiro atoms. The lowest BCUT2D eigenvalue weighted by atomic mass is 10.3. The van der Waals surface area contributed by atoms with E-state index in [2.05, 4.69) is 10.2 Å². The fraction of sp³-hybridized carbons (Fsp3) is 0.750. The summed E-state index contributed by atoms with van der Waals surface area (Å²) in [4.78, 5) is 0. The van der Waals surface area contributed by atoms with Crippen molar-refractivity contribution in [2.45, 2.75) is 21.2 Å². The Bertz CT molecular complexity index is 302. The van der Waals surface area contributed by atoms with Crippen molar-refractivity contribution in [2.24, 2.45) is 0 Å². The molecule has 1 fully saturated rings. The van der Waals surface area contributed by atoms with E-state index in [1.54, 1.807) is 34.9 Å². The molecule has 84 valence electrons. The Morgan fingerprint density at radius 2 is 2.33 bits per heavy atom. The van der Waals surface area contributed by atoms with Gasteiger partial charge in [-0.25, -0.2) is 0 Å². The van der Waals surface area contributed by atoms with E-state index in [0.29, 0.717) is 12.9 Å². The zero-order valence-electron chi connectivity index (χ0n) is 8.34. The lowest BCUT2D eigenvalue weighted by Gasteiger charge is -2.21. The van der Waals surface area contributed by atoms with Crippen LogP contribution in [-0.4, -0.2) is 41.7 Å². The highest BCUT2D eigenvalue weighted by atomic mass is 32.2. The molecule has 1 aliphatic rings. The molecule has 1 aliphatic heterocycles. The molecule has 0 aliphatic carbocycles. The Morgan fingerprint density at radius 1 is 1.47 bits per heavy atom. The number of aromatic nitrogens is 2. The topological polar surface area (TPSA) is 44.2 Å². The van der Waals surface area contributed by atoms with E-state index in [0.717, 1.165) is 27.5 Å². The summed E-state index contributed by atoms with van der Waals surface area (Å²) in [7, 11) is 0. The molecule has 1 unspecified atom stereocenters. The third-order valence-corrected chi connectivity index (χ3v) is 5.09. The van der Waals surface area contributed by atoms with Gasteiger partial charge in [0.2, 0.25) is 0 Å². The van der Waals surface area contributed by atoms with Gasteiger partial charge in [0.1, 0.15) is 6.79 Å². The molecule has 0 saturated carbocycles. The molecule has 1 aromatic heterocycles. The summed E-state index contributed by atoms with van der Waals surface area (Å²) in [5.41, 5.74) is 0. The molecule has 1 saturated heterocycles. The van der Waals surface area contributed by atoms with E-state index in [1.807, 2.05) is 6.26 Å². The highest BCUT2D eigenvalue weighted by Gasteiger charge is 2.15. The highest BCUT2D eigenvalue weighted by Crippen LogP contribution is 2.28. The molecule has 2 rings (SSSR count). The number of hydrogen-bond donors (Lipinski definition) is 0. The van der Waals surface area contributed by atoms with Crippen molar-refractivity contribution in [3.8, 4) is 0 Å². The minimum atomic E-state index is 0.297. The van der Waals surface area contributed by atoms with Crippen molar-refractivity contribution in [2.75, 3.05) is 25.4 Å². The largest absolute Gasteiger partial charge is 0.355 e. The van der Waals surface area contributed by atoms with Crippen molar-refractivity contribution in [1.82, 2.24) is 10.2 Å². The standard InChI is InChI=1S/C8H12N2O2S3/c1-13-7-9-10-8(15-7)14-4-6-2-3-11-5-12-6/h6H,2-5H2,1H3. The van der Waals surface area contributed by atoms with Gasteiger partial charge in [-0.1, -0.05) is 34.9 Å². The molecule has 4 nitrogen and oxygen atoms in total. The first-order valence-corrected chi connectivity index (χ1v) is 7.61. The fourth-order valence-corrected chi connectivity index (χ4v) is 3.67. The number of rotatable bonds is 4. The van der Waals surface area contributed by atoms with Crippen LogP contribution in [0.4, 0.5) is 0 Å². The Hall–Kier alpha value is 0.180. The maximum absolute atomic E-state index is 5.44. The van der Waals surface area contributed by atoms with Crippen LogP contribution in [0.1, 0.15) is 6.42 Å². The monoisotopic (exact) mass is 264 g/mol. The molecule has 1 atom stereocenters. The molecule has 0 amide bonds. The molecule has 7 heteroatoms. The first-order valence-electron chi connectivity index (χ1n) is 4.58. The van der Waals surface area contributed by atoms with Gasteiger partial charge in [0.25, 0.3) is 0 Å². The summed E-state index contributed by atoms with van der Waals surface area (Å²) in [6, 6.07) is 0. The number of ether oxygens (including phenoxy) is 2. The Labute approximate surface area is 101 Å². The van der Waals surface area contributed by atoms with Gasteiger partial charge < -0.3 is 9.47 Å².